The van der Waals surface area contributed by atoms with Gasteiger partial charge in [-0.05, 0) is 48.3 Å². The first kappa shape index (κ1) is 19.6. The van der Waals surface area contributed by atoms with Gasteiger partial charge in [-0.1, -0.05) is 40.7 Å². The Morgan fingerprint density at radius 1 is 1.08 bits per heavy atom. The van der Waals surface area contributed by atoms with Gasteiger partial charge in [0.25, 0.3) is 0 Å². The molecule has 1 aliphatic rings. The van der Waals surface area contributed by atoms with E-state index in [0.717, 1.165) is 37.4 Å². The quantitative estimate of drug-likeness (QED) is 0.642. The Kier molecular flexibility index (Phi) is 7.15. The van der Waals surface area contributed by atoms with Gasteiger partial charge in [0.15, 0.2) is 11.5 Å². The van der Waals surface area contributed by atoms with Crippen LogP contribution in [0.1, 0.15) is 65.4 Å². The number of hydrogen-bond acceptors (Lipinski definition) is 3. The molecule has 1 atom stereocenters. The standard InChI is InChI=1S/C21H33NO3/c1-6-17(18-7-9-19-20(11-18)25-14-24-19)8-10-21(23)22(12-15(2)3)13-16(4)5/h7,9,11,15-17H,6,8,10,12-14H2,1-5H3. The van der Waals surface area contributed by atoms with Crippen LogP contribution in [0.2, 0.25) is 0 Å². The third kappa shape index (κ3) is 5.65. The molecule has 0 aromatic heterocycles. The minimum Gasteiger partial charge on any atom is -0.454 e. The minimum atomic E-state index is 0.279. The third-order valence-electron chi connectivity index (χ3n) is 4.59. The van der Waals surface area contributed by atoms with Crippen LogP contribution in [0, 0.1) is 11.8 Å². The molecular formula is C21H33NO3. The summed E-state index contributed by atoms with van der Waals surface area (Å²) in [5, 5.41) is 0. The molecule has 1 aliphatic heterocycles. The zero-order valence-corrected chi connectivity index (χ0v) is 16.4. The van der Waals surface area contributed by atoms with E-state index in [0.29, 0.717) is 31.0 Å². The van der Waals surface area contributed by atoms with Crippen LogP contribution in [0.5, 0.6) is 11.5 Å². The van der Waals surface area contributed by atoms with Crippen LogP contribution in [0.15, 0.2) is 18.2 Å². The van der Waals surface area contributed by atoms with E-state index in [4.69, 9.17) is 9.47 Å². The van der Waals surface area contributed by atoms with Gasteiger partial charge in [-0.25, -0.2) is 0 Å². The first-order chi connectivity index (χ1) is 11.9. The number of ether oxygens (including phenoxy) is 2. The Morgan fingerprint density at radius 3 is 2.32 bits per heavy atom. The van der Waals surface area contributed by atoms with Crippen molar-refractivity contribution in [1.29, 1.82) is 0 Å². The molecule has 25 heavy (non-hydrogen) atoms. The molecular weight excluding hydrogens is 314 g/mol. The van der Waals surface area contributed by atoms with Gasteiger partial charge in [0.2, 0.25) is 12.7 Å². The molecule has 4 nitrogen and oxygen atoms in total. The van der Waals surface area contributed by atoms with Crippen LogP contribution >= 0.6 is 0 Å². The fourth-order valence-electron chi connectivity index (χ4n) is 3.39. The van der Waals surface area contributed by atoms with Gasteiger partial charge in [0, 0.05) is 19.5 Å². The van der Waals surface area contributed by atoms with E-state index in [1.165, 1.54) is 5.56 Å². The second-order valence-electron chi connectivity index (χ2n) is 7.84. The highest BCUT2D eigenvalue weighted by Crippen LogP contribution is 2.36. The summed E-state index contributed by atoms with van der Waals surface area (Å²) in [4.78, 5) is 14.8. The molecule has 1 aromatic rings. The first-order valence-corrected chi connectivity index (χ1v) is 9.58. The second-order valence-corrected chi connectivity index (χ2v) is 7.84. The van der Waals surface area contributed by atoms with Crippen LogP contribution in [0.25, 0.3) is 0 Å². The molecule has 0 spiro atoms. The Labute approximate surface area is 152 Å². The molecule has 1 heterocycles. The Balaban J connectivity index is 1.97. The third-order valence-corrected chi connectivity index (χ3v) is 4.59. The second kappa shape index (κ2) is 9.12. The van der Waals surface area contributed by atoms with E-state index < -0.39 is 0 Å². The molecule has 0 N–H and O–H groups in total. The number of nitrogens with zero attached hydrogens (tertiary/aromatic N) is 1. The summed E-state index contributed by atoms with van der Waals surface area (Å²) >= 11 is 0. The minimum absolute atomic E-state index is 0.279. The first-order valence-electron chi connectivity index (χ1n) is 9.58. The lowest BCUT2D eigenvalue weighted by Gasteiger charge is -2.27. The smallest absolute Gasteiger partial charge is 0.231 e. The molecule has 1 unspecified atom stereocenters. The molecule has 1 amide bonds. The number of amides is 1. The summed E-state index contributed by atoms with van der Waals surface area (Å²) in [6.07, 6.45) is 2.50. The summed E-state index contributed by atoms with van der Waals surface area (Å²) in [6, 6.07) is 6.15. The van der Waals surface area contributed by atoms with E-state index in [2.05, 4.69) is 46.8 Å². The summed E-state index contributed by atoms with van der Waals surface area (Å²) in [5.41, 5.74) is 1.24. The largest absolute Gasteiger partial charge is 0.454 e. The monoisotopic (exact) mass is 347 g/mol. The number of hydrogen-bond donors (Lipinski definition) is 0. The molecule has 0 saturated carbocycles. The van der Waals surface area contributed by atoms with E-state index in [9.17, 15) is 4.79 Å². The van der Waals surface area contributed by atoms with Crippen molar-refractivity contribution >= 4 is 5.91 Å². The van der Waals surface area contributed by atoms with Crippen molar-refractivity contribution in [3.63, 3.8) is 0 Å². The van der Waals surface area contributed by atoms with Crippen LogP contribution in [-0.4, -0.2) is 30.7 Å². The molecule has 1 aromatic carbocycles. The van der Waals surface area contributed by atoms with E-state index >= 15 is 0 Å². The predicted molar refractivity (Wildman–Crippen MR) is 101 cm³/mol. The van der Waals surface area contributed by atoms with Crippen molar-refractivity contribution in [2.75, 3.05) is 19.9 Å². The average Bonchev–Trinajstić information content (AvgIpc) is 3.01. The SMILES string of the molecule is CCC(CCC(=O)N(CC(C)C)CC(C)C)c1ccc2c(c1)OCO2. The molecule has 0 saturated heterocycles. The Bertz CT molecular complexity index is 558. The van der Waals surface area contributed by atoms with Gasteiger partial charge >= 0.3 is 0 Å². The van der Waals surface area contributed by atoms with Crippen LogP contribution in [0.4, 0.5) is 0 Å². The summed E-state index contributed by atoms with van der Waals surface area (Å²) < 4.78 is 10.9. The van der Waals surface area contributed by atoms with E-state index in [1.54, 1.807) is 0 Å². The predicted octanol–water partition coefficient (Wildman–Crippen LogP) is 4.83. The number of carbonyl (C=O) groups is 1. The molecule has 0 bridgehead atoms. The highest BCUT2D eigenvalue weighted by atomic mass is 16.7. The number of benzene rings is 1. The van der Waals surface area contributed by atoms with E-state index in [-0.39, 0.29) is 5.91 Å². The molecule has 4 heteroatoms. The zero-order valence-electron chi connectivity index (χ0n) is 16.4. The van der Waals surface area contributed by atoms with Crippen molar-refractivity contribution in [2.45, 2.75) is 59.8 Å². The van der Waals surface area contributed by atoms with Gasteiger partial charge in [0.1, 0.15) is 0 Å². The number of carbonyl (C=O) groups excluding carboxylic acids is 1. The van der Waals surface area contributed by atoms with Crippen molar-refractivity contribution in [3.8, 4) is 11.5 Å². The maximum absolute atomic E-state index is 12.7. The number of fused-ring (bicyclic) bond motifs is 1. The molecule has 0 fully saturated rings. The van der Waals surface area contributed by atoms with Gasteiger partial charge < -0.3 is 14.4 Å². The molecule has 2 rings (SSSR count). The van der Waals surface area contributed by atoms with Crippen LogP contribution < -0.4 is 9.47 Å². The van der Waals surface area contributed by atoms with Crippen molar-refractivity contribution in [2.24, 2.45) is 11.8 Å². The summed E-state index contributed by atoms with van der Waals surface area (Å²) in [6.45, 7) is 12.8. The molecule has 0 radical (unpaired) electrons. The fraction of sp³-hybridized carbons (Fsp3) is 0.667. The van der Waals surface area contributed by atoms with Gasteiger partial charge in [-0.15, -0.1) is 0 Å². The van der Waals surface area contributed by atoms with Crippen molar-refractivity contribution in [1.82, 2.24) is 4.90 Å². The van der Waals surface area contributed by atoms with Crippen molar-refractivity contribution in [3.05, 3.63) is 23.8 Å². The lowest BCUT2D eigenvalue weighted by Crippen LogP contribution is -2.37. The highest BCUT2D eigenvalue weighted by Gasteiger charge is 2.20. The highest BCUT2D eigenvalue weighted by molar-refractivity contribution is 5.76. The Morgan fingerprint density at radius 2 is 1.72 bits per heavy atom. The van der Waals surface area contributed by atoms with Crippen molar-refractivity contribution < 1.29 is 14.3 Å². The average molecular weight is 347 g/mol. The summed E-state index contributed by atoms with van der Waals surface area (Å²) in [5.74, 6) is 3.29. The maximum atomic E-state index is 12.7. The lowest BCUT2D eigenvalue weighted by molar-refractivity contribution is -0.132. The fourth-order valence-corrected chi connectivity index (χ4v) is 3.39. The van der Waals surface area contributed by atoms with Crippen LogP contribution in [-0.2, 0) is 4.79 Å². The van der Waals surface area contributed by atoms with Gasteiger partial charge in [0.05, 0.1) is 0 Å². The molecule has 0 aliphatic carbocycles. The maximum Gasteiger partial charge on any atom is 0.231 e. The van der Waals surface area contributed by atoms with Crippen LogP contribution in [0.3, 0.4) is 0 Å². The normalized spacial score (nSPS) is 14.2. The molecule has 140 valence electrons. The number of rotatable bonds is 9. The van der Waals surface area contributed by atoms with Gasteiger partial charge in [-0.2, -0.15) is 0 Å². The Hall–Kier alpha value is -1.71. The van der Waals surface area contributed by atoms with E-state index in [1.807, 2.05) is 11.0 Å². The lowest BCUT2D eigenvalue weighted by atomic mass is 9.91. The van der Waals surface area contributed by atoms with Gasteiger partial charge in [-0.3, -0.25) is 4.79 Å². The summed E-state index contributed by atoms with van der Waals surface area (Å²) in [7, 11) is 0. The topological polar surface area (TPSA) is 38.8 Å². The zero-order chi connectivity index (χ0) is 18.4.